The van der Waals surface area contributed by atoms with Gasteiger partial charge in [-0.1, -0.05) is 25.3 Å². The quantitative estimate of drug-likeness (QED) is 0.894. The van der Waals surface area contributed by atoms with E-state index in [2.05, 4.69) is 0 Å². The number of nitrogens with two attached hydrogens (primary N) is 1. The van der Waals surface area contributed by atoms with Gasteiger partial charge in [-0.05, 0) is 37.0 Å². The van der Waals surface area contributed by atoms with Crippen molar-refractivity contribution in [3.05, 3.63) is 23.8 Å². The summed E-state index contributed by atoms with van der Waals surface area (Å²) in [4.78, 5) is 14.9. The highest BCUT2D eigenvalue weighted by molar-refractivity contribution is 7.89. The van der Waals surface area contributed by atoms with E-state index in [1.54, 1.807) is 17.0 Å². The minimum Gasteiger partial charge on any atom is -0.317 e. The Morgan fingerprint density at radius 1 is 1.21 bits per heavy atom. The minimum absolute atomic E-state index is 0.0691. The largest absolute Gasteiger partial charge is 0.317 e. The Balaban J connectivity index is 1.95. The van der Waals surface area contributed by atoms with Crippen molar-refractivity contribution >= 4 is 21.6 Å². The molecule has 1 aromatic carbocycles. The van der Waals surface area contributed by atoms with Gasteiger partial charge in [0.25, 0.3) is 0 Å². The molecule has 0 saturated heterocycles. The fraction of sp³-hybridized carbons (Fsp3) is 0.588. The first-order valence-corrected chi connectivity index (χ1v) is 9.86. The number of carbonyl (C=O) groups is 1. The molecule has 3 rings (SSSR count). The maximum absolute atomic E-state index is 13.0. The topological polar surface area (TPSA) is 83.7 Å². The van der Waals surface area contributed by atoms with Gasteiger partial charge in [0.2, 0.25) is 15.9 Å². The molecule has 0 spiro atoms. The Hall–Kier alpha value is -1.44. The van der Waals surface area contributed by atoms with Crippen LogP contribution in [-0.4, -0.2) is 44.8 Å². The van der Waals surface area contributed by atoms with Crippen LogP contribution in [0.2, 0.25) is 0 Å². The van der Waals surface area contributed by atoms with Crippen LogP contribution >= 0.6 is 0 Å². The zero-order chi connectivity index (χ0) is 17.5. The van der Waals surface area contributed by atoms with Gasteiger partial charge in [0.1, 0.15) is 0 Å². The van der Waals surface area contributed by atoms with Crippen molar-refractivity contribution in [3.63, 3.8) is 0 Å². The van der Waals surface area contributed by atoms with Crippen LogP contribution in [0.3, 0.4) is 0 Å². The van der Waals surface area contributed by atoms with Crippen LogP contribution in [0.15, 0.2) is 23.1 Å². The lowest BCUT2D eigenvalue weighted by molar-refractivity contribution is -0.124. The van der Waals surface area contributed by atoms with Gasteiger partial charge in [-0.2, -0.15) is 0 Å². The summed E-state index contributed by atoms with van der Waals surface area (Å²) in [5.41, 5.74) is 7.28. The number of anilines is 1. The second kappa shape index (κ2) is 6.13. The van der Waals surface area contributed by atoms with Gasteiger partial charge in [-0.3, -0.25) is 4.79 Å². The number of hydrogen-bond donors (Lipinski definition) is 1. The van der Waals surface area contributed by atoms with Crippen LogP contribution in [0.4, 0.5) is 5.69 Å². The second-order valence-electron chi connectivity index (χ2n) is 7.00. The molecule has 1 amide bonds. The number of carbonyl (C=O) groups excluding carboxylic acids is 1. The maximum atomic E-state index is 13.0. The first kappa shape index (κ1) is 17.4. The third kappa shape index (κ3) is 2.85. The predicted molar refractivity (Wildman–Crippen MR) is 93.4 cm³/mol. The SMILES string of the molecule is CN(C)S(=O)(=O)c1ccc2c(c1)N(C(=O)C1(N)CCCCC1)CC2. The van der Waals surface area contributed by atoms with E-state index in [0.717, 1.165) is 31.2 Å². The van der Waals surface area contributed by atoms with Crippen molar-refractivity contribution in [1.29, 1.82) is 0 Å². The molecular formula is C17H25N3O3S. The Labute approximate surface area is 143 Å². The number of fused-ring (bicyclic) bond motifs is 1. The van der Waals surface area contributed by atoms with E-state index in [1.165, 1.54) is 18.4 Å². The van der Waals surface area contributed by atoms with E-state index in [9.17, 15) is 13.2 Å². The van der Waals surface area contributed by atoms with Crippen molar-refractivity contribution < 1.29 is 13.2 Å². The molecule has 1 heterocycles. The van der Waals surface area contributed by atoms with Crippen LogP contribution in [0.5, 0.6) is 0 Å². The van der Waals surface area contributed by atoms with Crippen molar-refractivity contribution in [2.75, 3.05) is 25.5 Å². The number of nitrogens with zero attached hydrogens (tertiary/aromatic N) is 2. The maximum Gasteiger partial charge on any atom is 0.247 e. The Morgan fingerprint density at radius 2 is 1.88 bits per heavy atom. The Morgan fingerprint density at radius 3 is 2.50 bits per heavy atom. The van der Waals surface area contributed by atoms with E-state index < -0.39 is 15.6 Å². The lowest BCUT2D eigenvalue weighted by Gasteiger charge is -2.35. The molecule has 0 aromatic heterocycles. The van der Waals surface area contributed by atoms with Gasteiger partial charge in [-0.25, -0.2) is 12.7 Å². The van der Waals surface area contributed by atoms with Crippen molar-refractivity contribution in [3.8, 4) is 0 Å². The number of rotatable bonds is 3. The molecule has 7 heteroatoms. The lowest BCUT2D eigenvalue weighted by atomic mass is 9.81. The molecule has 1 aromatic rings. The van der Waals surface area contributed by atoms with E-state index in [-0.39, 0.29) is 10.8 Å². The zero-order valence-electron chi connectivity index (χ0n) is 14.3. The molecule has 0 atom stereocenters. The number of amides is 1. The molecule has 24 heavy (non-hydrogen) atoms. The molecule has 1 saturated carbocycles. The smallest absolute Gasteiger partial charge is 0.247 e. The molecule has 1 aliphatic carbocycles. The highest BCUT2D eigenvalue weighted by Gasteiger charge is 2.41. The van der Waals surface area contributed by atoms with Crippen molar-refractivity contribution in [1.82, 2.24) is 4.31 Å². The molecule has 1 fully saturated rings. The molecule has 0 radical (unpaired) electrons. The molecule has 6 nitrogen and oxygen atoms in total. The van der Waals surface area contributed by atoms with Gasteiger partial charge < -0.3 is 10.6 Å². The average Bonchev–Trinajstić information content (AvgIpc) is 2.97. The standard InChI is InChI=1S/C17H25N3O3S/c1-19(2)24(22,23)14-7-6-13-8-11-20(15(13)12-14)16(21)17(18)9-4-3-5-10-17/h6-7,12H,3-5,8-11,18H2,1-2H3. The summed E-state index contributed by atoms with van der Waals surface area (Å²) in [6.45, 7) is 0.568. The molecule has 0 unspecified atom stereocenters. The highest BCUT2D eigenvalue weighted by Crippen LogP contribution is 2.35. The van der Waals surface area contributed by atoms with Crippen LogP contribution in [0, 0.1) is 0 Å². The van der Waals surface area contributed by atoms with Crippen LogP contribution < -0.4 is 10.6 Å². The normalized spacial score (nSPS) is 20.2. The van der Waals surface area contributed by atoms with E-state index in [1.807, 2.05) is 6.07 Å². The summed E-state index contributed by atoms with van der Waals surface area (Å²) in [5, 5.41) is 0. The van der Waals surface area contributed by atoms with Gasteiger partial charge in [0.15, 0.2) is 0 Å². The molecular weight excluding hydrogens is 326 g/mol. The van der Waals surface area contributed by atoms with Crippen LogP contribution in [0.25, 0.3) is 0 Å². The zero-order valence-corrected chi connectivity index (χ0v) is 15.1. The summed E-state index contributed by atoms with van der Waals surface area (Å²) in [5.74, 6) is -0.0691. The van der Waals surface area contributed by atoms with Crippen LogP contribution in [0.1, 0.15) is 37.7 Å². The van der Waals surface area contributed by atoms with Crippen molar-refractivity contribution in [2.24, 2.45) is 5.73 Å². The van der Waals surface area contributed by atoms with Gasteiger partial charge in [-0.15, -0.1) is 0 Å². The van der Waals surface area contributed by atoms with Gasteiger partial charge >= 0.3 is 0 Å². The average molecular weight is 351 g/mol. The Kier molecular flexibility index (Phi) is 4.44. The van der Waals surface area contributed by atoms with Crippen LogP contribution in [-0.2, 0) is 21.2 Å². The van der Waals surface area contributed by atoms with E-state index in [4.69, 9.17) is 5.73 Å². The fourth-order valence-electron chi connectivity index (χ4n) is 3.61. The second-order valence-corrected chi connectivity index (χ2v) is 9.15. The highest BCUT2D eigenvalue weighted by atomic mass is 32.2. The van der Waals surface area contributed by atoms with Crippen molar-refractivity contribution in [2.45, 2.75) is 49.0 Å². The first-order valence-electron chi connectivity index (χ1n) is 8.42. The summed E-state index contributed by atoms with van der Waals surface area (Å²) in [6, 6.07) is 5.03. The van der Waals surface area contributed by atoms with E-state index in [0.29, 0.717) is 25.1 Å². The third-order valence-electron chi connectivity index (χ3n) is 5.15. The monoisotopic (exact) mass is 351 g/mol. The van der Waals surface area contributed by atoms with Gasteiger partial charge in [0.05, 0.1) is 10.4 Å². The number of benzene rings is 1. The summed E-state index contributed by atoms with van der Waals surface area (Å²) < 4.78 is 25.9. The molecule has 1 aliphatic heterocycles. The lowest BCUT2D eigenvalue weighted by Crippen LogP contribution is -2.56. The van der Waals surface area contributed by atoms with E-state index >= 15 is 0 Å². The van der Waals surface area contributed by atoms with Gasteiger partial charge in [0, 0.05) is 26.3 Å². The summed E-state index contributed by atoms with van der Waals surface area (Å²) >= 11 is 0. The summed E-state index contributed by atoms with van der Waals surface area (Å²) in [7, 11) is -0.519. The summed E-state index contributed by atoms with van der Waals surface area (Å²) in [6.07, 6.45) is 5.20. The molecule has 132 valence electrons. The number of hydrogen-bond acceptors (Lipinski definition) is 4. The molecule has 2 aliphatic rings. The number of sulfonamides is 1. The minimum atomic E-state index is -3.52. The first-order chi connectivity index (χ1) is 11.3. The Bertz CT molecular complexity index is 752. The predicted octanol–water partition coefficient (Wildman–Crippen LogP) is 1.49. The molecule has 2 N–H and O–H groups in total. The fourth-order valence-corrected chi connectivity index (χ4v) is 4.53. The molecule has 0 bridgehead atoms. The third-order valence-corrected chi connectivity index (χ3v) is 6.96.